The molecule has 1 aliphatic rings. The van der Waals surface area contributed by atoms with Crippen LogP contribution in [0.5, 0.6) is 0 Å². The van der Waals surface area contributed by atoms with Crippen molar-refractivity contribution in [3.05, 3.63) is 28.7 Å². The third kappa shape index (κ3) is 5.06. The normalized spacial score (nSPS) is 15.8. The maximum atomic E-state index is 12.7. The molecule has 1 aromatic rings. The maximum absolute atomic E-state index is 12.7. The molecule has 0 bridgehead atoms. The number of esters is 2. The van der Waals surface area contributed by atoms with E-state index in [0.29, 0.717) is 18.7 Å². The van der Waals surface area contributed by atoms with Crippen molar-refractivity contribution in [2.45, 2.75) is 33.2 Å². The van der Waals surface area contributed by atoms with Gasteiger partial charge in [-0.25, -0.2) is 9.59 Å². The minimum absolute atomic E-state index is 0.0265. The molecule has 2 amide bonds. The Balaban J connectivity index is 2.27. The van der Waals surface area contributed by atoms with Crippen LogP contribution in [-0.4, -0.2) is 67.0 Å². The third-order valence-electron chi connectivity index (χ3n) is 4.74. The lowest BCUT2D eigenvalue weighted by Crippen LogP contribution is -2.62. The predicted octanol–water partition coefficient (Wildman–Crippen LogP) is 1.72. The molecular weight excluding hydrogens is 410 g/mol. The van der Waals surface area contributed by atoms with Gasteiger partial charge in [-0.05, 0) is 33.3 Å². The van der Waals surface area contributed by atoms with Crippen LogP contribution < -0.4 is 10.6 Å². The van der Waals surface area contributed by atoms with Gasteiger partial charge in [0.05, 0.1) is 24.3 Å². The van der Waals surface area contributed by atoms with Crippen LogP contribution in [0.2, 0.25) is 0 Å². The molecule has 1 aliphatic heterocycles. The van der Waals surface area contributed by atoms with E-state index in [4.69, 9.17) is 9.47 Å². The second-order valence-corrected chi connectivity index (χ2v) is 8.17. The number of thiophene rings is 1. The third-order valence-corrected chi connectivity index (χ3v) is 5.93. The van der Waals surface area contributed by atoms with E-state index >= 15 is 0 Å². The molecule has 2 heterocycles. The Hall–Kier alpha value is -2.72. The first-order valence-corrected chi connectivity index (χ1v) is 10.4. The highest BCUT2D eigenvalue weighted by molar-refractivity contribution is 7.18. The minimum atomic E-state index is -0.843. The van der Waals surface area contributed by atoms with E-state index in [0.717, 1.165) is 11.3 Å². The molecule has 1 fully saturated rings. The summed E-state index contributed by atoms with van der Waals surface area (Å²) in [5.41, 5.74) is -0.346. The number of carbonyl (C=O) groups is 4. The van der Waals surface area contributed by atoms with Crippen LogP contribution in [0.3, 0.4) is 0 Å². The summed E-state index contributed by atoms with van der Waals surface area (Å²) >= 11 is 0.950. The van der Waals surface area contributed by atoms with Crippen LogP contribution in [0.1, 0.15) is 46.4 Å². The molecule has 0 aliphatic carbocycles. The molecule has 10 heteroatoms. The zero-order chi connectivity index (χ0) is 22.5. The van der Waals surface area contributed by atoms with Gasteiger partial charge < -0.3 is 20.1 Å². The molecule has 2 N–H and O–H groups in total. The number of hydrogen-bond donors (Lipinski definition) is 2. The lowest BCUT2D eigenvalue weighted by atomic mass is 9.99. The van der Waals surface area contributed by atoms with E-state index in [1.54, 1.807) is 32.6 Å². The number of piperazine rings is 1. The van der Waals surface area contributed by atoms with Crippen molar-refractivity contribution in [2.75, 3.05) is 38.2 Å². The second-order valence-electron chi connectivity index (χ2n) is 7.15. The van der Waals surface area contributed by atoms with E-state index < -0.39 is 23.4 Å². The van der Waals surface area contributed by atoms with Crippen molar-refractivity contribution >= 4 is 40.1 Å². The number of nitrogens with one attached hydrogen (secondary N) is 2. The van der Waals surface area contributed by atoms with E-state index in [-0.39, 0.29) is 41.1 Å². The summed E-state index contributed by atoms with van der Waals surface area (Å²) in [5.74, 6) is -1.82. The summed E-state index contributed by atoms with van der Waals surface area (Å²) in [7, 11) is 0. The van der Waals surface area contributed by atoms with Crippen LogP contribution in [0.15, 0.2) is 12.7 Å². The van der Waals surface area contributed by atoms with Gasteiger partial charge in [-0.1, -0.05) is 12.7 Å². The summed E-state index contributed by atoms with van der Waals surface area (Å²) in [4.78, 5) is 51.5. The number of hydrogen-bond acceptors (Lipinski definition) is 8. The molecule has 164 valence electrons. The minimum Gasteiger partial charge on any atom is -0.462 e. The first kappa shape index (κ1) is 23.6. The quantitative estimate of drug-likeness (QED) is 0.470. The topological polar surface area (TPSA) is 114 Å². The molecule has 30 heavy (non-hydrogen) atoms. The Morgan fingerprint density at radius 2 is 2.00 bits per heavy atom. The monoisotopic (exact) mass is 437 g/mol. The van der Waals surface area contributed by atoms with Gasteiger partial charge in [0, 0.05) is 13.1 Å². The van der Waals surface area contributed by atoms with Gasteiger partial charge in [0.1, 0.15) is 16.5 Å². The van der Waals surface area contributed by atoms with Crippen LogP contribution >= 0.6 is 11.3 Å². The SMILES string of the molecule is C=CCOC(=O)c1sc(NC(=O)CN2CCNC(=O)C2(C)C)c(C(=O)OCC)c1C. The van der Waals surface area contributed by atoms with Gasteiger partial charge in [-0.3, -0.25) is 14.5 Å². The van der Waals surface area contributed by atoms with Crippen molar-refractivity contribution in [3.63, 3.8) is 0 Å². The molecule has 9 nitrogen and oxygen atoms in total. The van der Waals surface area contributed by atoms with Gasteiger partial charge in [0.15, 0.2) is 0 Å². The summed E-state index contributed by atoms with van der Waals surface area (Å²) in [5, 5.41) is 5.68. The van der Waals surface area contributed by atoms with Crippen LogP contribution in [-0.2, 0) is 19.1 Å². The number of anilines is 1. The first-order chi connectivity index (χ1) is 14.1. The Bertz CT molecular complexity index is 861. The molecular formula is C20H27N3O6S. The number of rotatable bonds is 8. The fourth-order valence-electron chi connectivity index (χ4n) is 3.01. The fraction of sp³-hybridized carbons (Fsp3) is 0.500. The van der Waals surface area contributed by atoms with Crippen LogP contribution in [0.25, 0.3) is 0 Å². The summed E-state index contributed by atoms with van der Waals surface area (Å²) in [6.07, 6.45) is 1.44. The Labute approximate surface area is 179 Å². The van der Waals surface area contributed by atoms with Gasteiger partial charge in [0.25, 0.3) is 0 Å². The standard InChI is InChI=1S/C20H27N3O6S/c1-6-10-29-18(26)15-12(3)14(17(25)28-7-2)16(30-15)22-13(24)11-23-9-8-21-19(27)20(23,4)5/h6H,1,7-11H2,2-5H3,(H,21,27)(H,22,24). The molecule has 0 unspecified atom stereocenters. The van der Waals surface area contributed by atoms with Crippen molar-refractivity contribution in [3.8, 4) is 0 Å². The largest absolute Gasteiger partial charge is 0.462 e. The predicted molar refractivity (Wildman–Crippen MR) is 113 cm³/mol. The maximum Gasteiger partial charge on any atom is 0.348 e. The van der Waals surface area contributed by atoms with Gasteiger partial charge in [-0.2, -0.15) is 0 Å². The zero-order valence-corrected chi connectivity index (χ0v) is 18.4. The van der Waals surface area contributed by atoms with Crippen LogP contribution in [0.4, 0.5) is 5.00 Å². The number of nitrogens with zero attached hydrogens (tertiary/aromatic N) is 1. The smallest absolute Gasteiger partial charge is 0.348 e. The molecule has 1 aromatic heterocycles. The van der Waals surface area contributed by atoms with Crippen molar-refractivity contribution in [1.82, 2.24) is 10.2 Å². The Morgan fingerprint density at radius 3 is 2.63 bits per heavy atom. The van der Waals surface area contributed by atoms with E-state index in [2.05, 4.69) is 17.2 Å². The highest BCUT2D eigenvalue weighted by atomic mass is 32.1. The summed E-state index contributed by atoms with van der Waals surface area (Å²) in [6, 6.07) is 0. The van der Waals surface area contributed by atoms with Gasteiger partial charge in [-0.15, -0.1) is 11.3 Å². The molecule has 1 saturated heterocycles. The highest BCUT2D eigenvalue weighted by Crippen LogP contribution is 2.34. The average molecular weight is 438 g/mol. The Morgan fingerprint density at radius 1 is 1.30 bits per heavy atom. The molecule has 0 saturated carbocycles. The fourth-order valence-corrected chi connectivity index (χ4v) is 4.11. The van der Waals surface area contributed by atoms with E-state index in [1.165, 1.54) is 6.08 Å². The molecule has 2 rings (SSSR count). The lowest BCUT2D eigenvalue weighted by molar-refractivity contribution is -0.136. The average Bonchev–Trinajstić information content (AvgIpc) is 3.00. The molecule has 0 aromatic carbocycles. The van der Waals surface area contributed by atoms with Gasteiger partial charge >= 0.3 is 11.9 Å². The number of ether oxygens (including phenoxy) is 2. The van der Waals surface area contributed by atoms with Crippen molar-refractivity contribution < 1.29 is 28.7 Å². The van der Waals surface area contributed by atoms with Crippen molar-refractivity contribution in [2.24, 2.45) is 0 Å². The second kappa shape index (κ2) is 9.86. The molecule has 0 atom stereocenters. The van der Waals surface area contributed by atoms with Gasteiger partial charge in [0.2, 0.25) is 11.8 Å². The summed E-state index contributed by atoms with van der Waals surface area (Å²) < 4.78 is 10.2. The zero-order valence-electron chi connectivity index (χ0n) is 17.6. The first-order valence-electron chi connectivity index (χ1n) is 9.55. The van der Waals surface area contributed by atoms with E-state index in [1.807, 2.05) is 0 Å². The molecule has 0 spiro atoms. The van der Waals surface area contributed by atoms with E-state index in [9.17, 15) is 19.2 Å². The number of carbonyl (C=O) groups excluding carboxylic acids is 4. The Kier molecular flexibility index (Phi) is 7.74. The molecule has 0 radical (unpaired) electrons. The van der Waals surface area contributed by atoms with Crippen molar-refractivity contribution in [1.29, 1.82) is 0 Å². The van der Waals surface area contributed by atoms with Crippen LogP contribution in [0, 0.1) is 6.92 Å². The highest BCUT2D eigenvalue weighted by Gasteiger charge is 2.38. The lowest BCUT2D eigenvalue weighted by Gasteiger charge is -2.40. The summed E-state index contributed by atoms with van der Waals surface area (Å²) in [6.45, 7) is 11.3. The number of amides is 2.